The predicted octanol–water partition coefficient (Wildman–Crippen LogP) is 6.32. The van der Waals surface area contributed by atoms with Gasteiger partial charge < -0.3 is 14.4 Å². The van der Waals surface area contributed by atoms with E-state index in [0.717, 1.165) is 24.3 Å². The third-order valence-corrected chi connectivity index (χ3v) is 6.13. The molecule has 0 unspecified atom stereocenters. The molecule has 1 aliphatic rings. The minimum absolute atomic E-state index is 0.0915. The fraction of sp³-hybridized carbons (Fsp3) is 0.333. The maximum absolute atomic E-state index is 14.0. The van der Waals surface area contributed by atoms with Crippen molar-refractivity contribution in [3.05, 3.63) is 59.2 Å². The SMILES string of the molecule is CCOC(=O)Nc1cccc(Sc2ccc(/C=C/C(=O)N3CCOCC3)c(C(F)(F)F)c2C(F)(F)F)c1. The number of hydrogen-bond acceptors (Lipinski definition) is 5. The first kappa shape index (κ1) is 28.4. The molecule has 1 fully saturated rings. The number of rotatable bonds is 6. The minimum atomic E-state index is -5.36. The van der Waals surface area contributed by atoms with E-state index >= 15 is 0 Å². The van der Waals surface area contributed by atoms with Crippen molar-refractivity contribution in [2.45, 2.75) is 29.1 Å². The summed E-state index contributed by atoms with van der Waals surface area (Å²) in [6.45, 7) is 2.64. The molecular formula is C24H22F6N2O4S. The second-order valence-corrected chi connectivity index (χ2v) is 8.76. The van der Waals surface area contributed by atoms with Crippen molar-refractivity contribution in [3.8, 4) is 0 Å². The van der Waals surface area contributed by atoms with Crippen molar-refractivity contribution in [1.29, 1.82) is 0 Å². The predicted molar refractivity (Wildman–Crippen MR) is 124 cm³/mol. The quantitative estimate of drug-likeness (QED) is 0.338. The Bertz CT molecular complexity index is 1160. The van der Waals surface area contributed by atoms with Crippen molar-refractivity contribution >= 4 is 35.5 Å². The Morgan fingerprint density at radius 2 is 1.73 bits per heavy atom. The normalized spacial score (nSPS) is 14.6. The molecule has 1 aliphatic heterocycles. The summed E-state index contributed by atoms with van der Waals surface area (Å²) in [4.78, 5) is 24.7. The number of hydrogen-bond donors (Lipinski definition) is 1. The second kappa shape index (κ2) is 11.9. The highest BCUT2D eigenvalue weighted by Gasteiger charge is 2.46. The van der Waals surface area contributed by atoms with E-state index in [4.69, 9.17) is 9.47 Å². The molecule has 3 rings (SSSR count). The number of carbonyl (C=O) groups is 2. The van der Waals surface area contributed by atoms with Crippen LogP contribution in [0.5, 0.6) is 0 Å². The molecule has 0 radical (unpaired) electrons. The van der Waals surface area contributed by atoms with Crippen LogP contribution in [0, 0.1) is 0 Å². The number of nitrogens with zero attached hydrogens (tertiary/aromatic N) is 1. The standard InChI is InChI=1S/C24H22F6N2O4S/c1-2-36-22(34)31-16-4-3-5-17(14-16)37-18-8-6-15(7-9-19(33)32-10-12-35-13-11-32)20(23(25,26)27)21(18)24(28,29)30/h3-9,14H,2,10-13H2,1H3,(H,31,34)/b9-7+. The summed E-state index contributed by atoms with van der Waals surface area (Å²) >= 11 is 0.457. The Morgan fingerprint density at radius 3 is 2.35 bits per heavy atom. The van der Waals surface area contributed by atoms with Gasteiger partial charge in [0.2, 0.25) is 5.91 Å². The summed E-state index contributed by atoms with van der Waals surface area (Å²) in [7, 11) is 0. The van der Waals surface area contributed by atoms with E-state index in [2.05, 4.69) is 5.32 Å². The summed E-state index contributed by atoms with van der Waals surface area (Å²) in [5, 5.41) is 2.38. The molecule has 0 aliphatic carbocycles. The van der Waals surface area contributed by atoms with Gasteiger partial charge in [-0.05, 0) is 42.8 Å². The first-order valence-electron chi connectivity index (χ1n) is 11.0. The number of halogens is 6. The van der Waals surface area contributed by atoms with E-state index in [1.807, 2.05) is 0 Å². The van der Waals surface area contributed by atoms with Gasteiger partial charge in [-0.25, -0.2) is 4.79 Å². The van der Waals surface area contributed by atoms with Gasteiger partial charge >= 0.3 is 18.4 Å². The van der Waals surface area contributed by atoms with Gasteiger partial charge in [-0.15, -0.1) is 0 Å². The molecule has 13 heteroatoms. The average Bonchev–Trinajstić information content (AvgIpc) is 2.82. The van der Waals surface area contributed by atoms with Crippen LogP contribution < -0.4 is 5.32 Å². The third kappa shape index (κ3) is 7.65. The van der Waals surface area contributed by atoms with Crippen molar-refractivity contribution < 1.29 is 45.4 Å². The lowest BCUT2D eigenvalue weighted by molar-refractivity contribution is -0.163. The van der Waals surface area contributed by atoms with Crippen LogP contribution in [0.1, 0.15) is 23.6 Å². The summed E-state index contributed by atoms with van der Waals surface area (Å²) in [6, 6.07) is 7.40. The van der Waals surface area contributed by atoms with E-state index in [1.54, 1.807) is 6.92 Å². The van der Waals surface area contributed by atoms with Crippen LogP contribution in [0.4, 0.5) is 36.8 Å². The topological polar surface area (TPSA) is 67.9 Å². The number of alkyl halides is 6. The van der Waals surface area contributed by atoms with Gasteiger partial charge in [0.25, 0.3) is 0 Å². The fourth-order valence-electron chi connectivity index (χ4n) is 3.51. The molecule has 0 spiro atoms. The lowest BCUT2D eigenvalue weighted by Gasteiger charge is -2.25. The van der Waals surface area contributed by atoms with Gasteiger partial charge in [-0.3, -0.25) is 10.1 Å². The Labute approximate surface area is 212 Å². The summed E-state index contributed by atoms with van der Waals surface area (Å²) in [5.74, 6) is -0.630. The largest absolute Gasteiger partial charge is 0.450 e. The number of nitrogens with one attached hydrogen (secondary N) is 1. The van der Waals surface area contributed by atoms with E-state index in [9.17, 15) is 35.9 Å². The summed E-state index contributed by atoms with van der Waals surface area (Å²) < 4.78 is 94.0. The summed E-state index contributed by atoms with van der Waals surface area (Å²) in [6.07, 6.45) is -9.94. The number of morpholine rings is 1. The molecule has 2 aromatic rings. The zero-order valence-corrected chi connectivity index (χ0v) is 20.2. The van der Waals surface area contributed by atoms with Gasteiger partial charge in [-0.2, -0.15) is 26.3 Å². The number of anilines is 1. The van der Waals surface area contributed by atoms with E-state index in [1.165, 1.54) is 29.2 Å². The summed E-state index contributed by atoms with van der Waals surface area (Å²) in [5.41, 5.74) is -4.36. The van der Waals surface area contributed by atoms with Gasteiger partial charge in [0.05, 0.1) is 30.9 Å². The molecule has 1 heterocycles. The molecule has 0 saturated carbocycles. The monoisotopic (exact) mass is 548 g/mol. The Hall–Kier alpha value is -3.19. The molecule has 1 saturated heterocycles. The first-order valence-corrected chi connectivity index (χ1v) is 11.8. The smallest absolute Gasteiger partial charge is 0.418 e. The fourth-order valence-corrected chi connectivity index (χ4v) is 4.55. The van der Waals surface area contributed by atoms with Crippen molar-refractivity contribution in [2.24, 2.45) is 0 Å². The number of ether oxygens (including phenoxy) is 2. The number of amides is 2. The van der Waals surface area contributed by atoms with Gasteiger partial charge in [0, 0.05) is 34.6 Å². The molecule has 1 N–H and O–H groups in total. The highest BCUT2D eigenvalue weighted by molar-refractivity contribution is 7.99. The molecule has 0 bridgehead atoms. The Kier molecular flexibility index (Phi) is 9.13. The lowest BCUT2D eigenvalue weighted by atomic mass is 9.99. The van der Waals surface area contributed by atoms with E-state index < -0.39 is 45.9 Å². The van der Waals surface area contributed by atoms with Crippen molar-refractivity contribution in [1.82, 2.24) is 4.90 Å². The first-order chi connectivity index (χ1) is 17.4. The maximum Gasteiger partial charge on any atom is 0.418 e. The van der Waals surface area contributed by atoms with E-state index in [0.29, 0.717) is 11.8 Å². The Morgan fingerprint density at radius 1 is 1.05 bits per heavy atom. The highest BCUT2D eigenvalue weighted by Crippen LogP contribution is 2.48. The van der Waals surface area contributed by atoms with Crippen LogP contribution >= 0.6 is 11.8 Å². The molecule has 2 aromatic carbocycles. The lowest BCUT2D eigenvalue weighted by Crippen LogP contribution is -2.39. The molecular weight excluding hydrogens is 526 g/mol. The van der Waals surface area contributed by atoms with Crippen LogP contribution in [0.15, 0.2) is 52.3 Å². The molecule has 0 aromatic heterocycles. The molecule has 2 amide bonds. The van der Waals surface area contributed by atoms with Gasteiger partial charge in [-0.1, -0.05) is 23.9 Å². The molecule has 200 valence electrons. The average molecular weight is 549 g/mol. The van der Waals surface area contributed by atoms with Crippen LogP contribution in [0.25, 0.3) is 6.08 Å². The molecule has 6 nitrogen and oxygen atoms in total. The molecule has 0 atom stereocenters. The number of benzene rings is 2. The van der Waals surface area contributed by atoms with E-state index in [-0.39, 0.29) is 43.5 Å². The minimum Gasteiger partial charge on any atom is -0.450 e. The van der Waals surface area contributed by atoms with Crippen LogP contribution in [0.2, 0.25) is 0 Å². The maximum atomic E-state index is 14.0. The van der Waals surface area contributed by atoms with Crippen molar-refractivity contribution in [3.63, 3.8) is 0 Å². The second-order valence-electron chi connectivity index (χ2n) is 7.64. The third-order valence-electron chi connectivity index (χ3n) is 5.08. The van der Waals surface area contributed by atoms with Gasteiger partial charge in [0.15, 0.2) is 0 Å². The van der Waals surface area contributed by atoms with Crippen molar-refractivity contribution in [2.75, 3.05) is 38.2 Å². The van der Waals surface area contributed by atoms with Crippen LogP contribution in [-0.2, 0) is 26.6 Å². The van der Waals surface area contributed by atoms with Gasteiger partial charge in [0.1, 0.15) is 0 Å². The van der Waals surface area contributed by atoms with Crippen LogP contribution in [0.3, 0.4) is 0 Å². The highest BCUT2D eigenvalue weighted by atomic mass is 32.2. The van der Waals surface area contributed by atoms with Crippen LogP contribution in [-0.4, -0.2) is 49.8 Å². The Balaban J connectivity index is 2.00. The number of carbonyl (C=O) groups excluding carboxylic acids is 2. The zero-order valence-electron chi connectivity index (χ0n) is 19.4. The zero-order chi connectivity index (χ0) is 27.2. The molecule has 37 heavy (non-hydrogen) atoms.